The van der Waals surface area contributed by atoms with Gasteiger partial charge in [-0.1, -0.05) is 55.4 Å². The molecule has 0 aliphatic rings. The molecule has 2 unspecified atom stereocenters. The Morgan fingerprint density at radius 2 is 1.21 bits per heavy atom. The fraction of sp³-hybridized carbons (Fsp3) is 0.920. The van der Waals surface area contributed by atoms with Crippen molar-refractivity contribution in [3.05, 3.63) is 0 Å². The van der Waals surface area contributed by atoms with Gasteiger partial charge >= 0.3 is 0 Å². The zero-order valence-corrected chi connectivity index (χ0v) is 23.2. The summed E-state index contributed by atoms with van der Waals surface area (Å²) in [5.41, 5.74) is -3.79. The fourth-order valence-corrected chi connectivity index (χ4v) is 5.73. The number of rotatable bonds is 18. The standard InChI is InChI=1S/C25H52B2N2O4/c1-10-22(11-2,20(31)21(27-26)29-25(33,16-7)17-8)24(14-5,15-6)28-18(9)19(30)23(32,12-3)13-4/h18,21,27-29,32-33H,10-17,26H2,1-9H3. The molecule has 0 radical (unpaired) electrons. The molecule has 2 atom stereocenters. The molecule has 0 aromatic carbocycles. The average Bonchev–Trinajstić information content (AvgIpc) is 2.85. The molecule has 0 saturated carbocycles. The molecule has 0 aromatic heterocycles. The molecule has 0 saturated heterocycles. The van der Waals surface area contributed by atoms with Crippen LogP contribution in [0.2, 0.25) is 0 Å². The second-order valence-electron chi connectivity index (χ2n) is 9.76. The maximum absolute atomic E-state index is 14.2. The minimum absolute atomic E-state index is 0.0902. The molecule has 0 rings (SSSR count). The summed E-state index contributed by atoms with van der Waals surface area (Å²) < 4.78 is 0. The number of hydrogen-bond acceptors (Lipinski definition) is 6. The van der Waals surface area contributed by atoms with Crippen molar-refractivity contribution >= 4 is 26.5 Å². The zero-order valence-electron chi connectivity index (χ0n) is 23.2. The van der Waals surface area contributed by atoms with Gasteiger partial charge < -0.3 is 15.5 Å². The maximum Gasteiger partial charge on any atom is 0.180 e. The second-order valence-corrected chi connectivity index (χ2v) is 9.76. The SMILES string of the molecule is BBC(NC(O)(CC)CC)C(=O)C(CC)(CC)C(CC)(CC)NC(C)C(=O)C(O)(CC)CC. The molecule has 33 heavy (non-hydrogen) atoms. The van der Waals surface area contributed by atoms with E-state index >= 15 is 0 Å². The van der Waals surface area contributed by atoms with Crippen LogP contribution >= 0.6 is 0 Å². The molecular weight excluding hydrogens is 414 g/mol. The highest BCUT2D eigenvalue weighted by molar-refractivity contribution is 6.92. The van der Waals surface area contributed by atoms with Gasteiger partial charge in [0.2, 0.25) is 0 Å². The van der Waals surface area contributed by atoms with Crippen LogP contribution < -0.4 is 10.6 Å². The number of nitrogens with one attached hydrogen (secondary N) is 2. The molecule has 0 aliphatic heterocycles. The number of hydrogen-bond donors (Lipinski definition) is 4. The lowest BCUT2D eigenvalue weighted by atomic mass is 9.45. The highest BCUT2D eigenvalue weighted by atomic mass is 16.3. The topological polar surface area (TPSA) is 98.7 Å². The zero-order chi connectivity index (χ0) is 26.1. The molecule has 6 nitrogen and oxygen atoms in total. The third-order valence-corrected chi connectivity index (χ3v) is 8.65. The number of aliphatic hydroxyl groups is 2. The largest absolute Gasteiger partial charge is 0.382 e. The first-order valence-corrected chi connectivity index (χ1v) is 13.4. The first-order valence-electron chi connectivity index (χ1n) is 13.4. The van der Waals surface area contributed by atoms with Gasteiger partial charge in [0, 0.05) is 16.9 Å². The van der Waals surface area contributed by atoms with Gasteiger partial charge in [-0.25, -0.2) is 0 Å². The quantitative estimate of drug-likeness (QED) is 0.183. The number of ketones is 2. The third kappa shape index (κ3) is 6.50. The van der Waals surface area contributed by atoms with Gasteiger partial charge in [-0.15, -0.1) is 0 Å². The summed E-state index contributed by atoms with van der Waals surface area (Å²) in [7, 11) is 2.55. The van der Waals surface area contributed by atoms with Crippen LogP contribution in [0.3, 0.4) is 0 Å². The highest BCUT2D eigenvalue weighted by Crippen LogP contribution is 2.45. The summed E-state index contributed by atoms with van der Waals surface area (Å²) in [5, 5.41) is 28.6. The van der Waals surface area contributed by atoms with Gasteiger partial charge in [-0.3, -0.25) is 14.9 Å². The average molecular weight is 466 g/mol. The Labute approximate surface area is 205 Å². The van der Waals surface area contributed by atoms with Crippen LogP contribution in [0, 0.1) is 5.41 Å². The van der Waals surface area contributed by atoms with Crippen LogP contribution in [0.25, 0.3) is 0 Å². The van der Waals surface area contributed by atoms with Crippen LogP contribution in [0.4, 0.5) is 0 Å². The van der Waals surface area contributed by atoms with Crippen molar-refractivity contribution in [1.29, 1.82) is 0 Å². The summed E-state index contributed by atoms with van der Waals surface area (Å²) in [6.45, 7) is 17.5. The molecule has 192 valence electrons. The summed E-state index contributed by atoms with van der Waals surface area (Å²) in [5.74, 6) is -0.612. The van der Waals surface area contributed by atoms with E-state index in [2.05, 4.69) is 24.5 Å². The van der Waals surface area contributed by atoms with Crippen molar-refractivity contribution in [2.45, 2.75) is 143 Å². The lowest BCUT2D eigenvalue weighted by molar-refractivity contribution is -0.144. The Balaban J connectivity index is 6.44. The molecule has 0 spiro atoms. The number of carbonyl (C=O) groups is 2. The van der Waals surface area contributed by atoms with Crippen LogP contribution in [-0.4, -0.2) is 65.5 Å². The molecule has 8 heteroatoms. The Bertz CT molecular complexity index is 614. The maximum atomic E-state index is 14.2. The molecule has 0 bridgehead atoms. The van der Waals surface area contributed by atoms with Crippen molar-refractivity contribution in [3.8, 4) is 0 Å². The predicted molar refractivity (Wildman–Crippen MR) is 143 cm³/mol. The summed E-state index contributed by atoms with van der Waals surface area (Å²) in [6.07, 6.45) is 4.35. The van der Waals surface area contributed by atoms with E-state index in [4.69, 9.17) is 0 Å². The Morgan fingerprint density at radius 3 is 1.52 bits per heavy atom. The molecule has 0 aromatic rings. The van der Waals surface area contributed by atoms with E-state index < -0.39 is 34.3 Å². The Morgan fingerprint density at radius 1 is 0.758 bits per heavy atom. The lowest BCUT2D eigenvalue weighted by Crippen LogP contribution is -2.69. The van der Waals surface area contributed by atoms with Gasteiger partial charge in [-0.05, 0) is 58.3 Å². The number of carbonyl (C=O) groups excluding carboxylic acids is 2. The summed E-state index contributed by atoms with van der Waals surface area (Å²) >= 11 is 0. The van der Waals surface area contributed by atoms with Crippen LogP contribution in [0.1, 0.15) is 114 Å². The van der Waals surface area contributed by atoms with E-state index in [-0.39, 0.29) is 11.6 Å². The predicted octanol–water partition coefficient (Wildman–Crippen LogP) is 2.43. The highest BCUT2D eigenvalue weighted by Gasteiger charge is 2.54. The van der Waals surface area contributed by atoms with Gasteiger partial charge in [0.1, 0.15) is 24.3 Å². The Kier molecular flexibility index (Phi) is 13.1. The number of Topliss-reactive ketones (excluding diaryl/α,β-unsaturated/α-hetero) is 2. The van der Waals surface area contributed by atoms with Gasteiger partial charge in [0.15, 0.2) is 5.78 Å². The van der Waals surface area contributed by atoms with Crippen molar-refractivity contribution in [3.63, 3.8) is 0 Å². The van der Waals surface area contributed by atoms with E-state index in [0.717, 1.165) is 0 Å². The van der Waals surface area contributed by atoms with Gasteiger partial charge in [0.25, 0.3) is 0 Å². The molecular formula is C25H52B2N2O4. The first kappa shape index (κ1) is 32.3. The smallest absolute Gasteiger partial charge is 0.180 e. The van der Waals surface area contributed by atoms with E-state index in [1.165, 1.54) is 0 Å². The van der Waals surface area contributed by atoms with Crippen molar-refractivity contribution in [1.82, 2.24) is 10.6 Å². The molecule has 0 fully saturated rings. The second kappa shape index (κ2) is 13.4. The van der Waals surface area contributed by atoms with E-state index in [9.17, 15) is 19.8 Å². The van der Waals surface area contributed by atoms with Gasteiger partial charge in [-0.2, -0.15) is 0 Å². The van der Waals surface area contributed by atoms with Crippen molar-refractivity contribution in [2.24, 2.45) is 5.41 Å². The van der Waals surface area contributed by atoms with Crippen molar-refractivity contribution in [2.75, 3.05) is 0 Å². The molecule has 0 aliphatic carbocycles. The van der Waals surface area contributed by atoms with E-state index in [1.807, 2.05) is 56.2 Å². The normalized spacial score (nSPS) is 15.2. The van der Waals surface area contributed by atoms with E-state index in [0.29, 0.717) is 58.5 Å². The summed E-state index contributed by atoms with van der Waals surface area (Å²) in [6, 6.07) is -0.587. The minimum atomic E-state index is -1.36. The molecule has 4 N–H and O–H groups in total. The molecule has 0 heterocycles. The summed E-state index contributed by atoms with van der Waals surface area (Å²) in [4.78, 5) is 27.5. The van der Waals surface area contributed by atoms with Gasteiger partial charge in [0.05, 0.1) is 13.8 Å². The van der Waals surface area contributed by atoms with Crippen LogP contribution in [0.15, 0.2) is 0 Å². The lowest BCUT2D eigenvalue weighted by Gasteiger charge is -2.52. The van der Waals surface area contributed by atoms with E-state index in [1.54, 1.807) is 0 Å². The molecule has 0 amide bonds. The Hall–Kier alpha value is -0.690. The monoisotopic (exact) mass is 466 g/mol. The van der Waals surface area contributed by atoms with Crippen LogP contribution in [-0.2, 0) is 9.59 Å². The first-order chi connectivity index (χ1) is 15.4. The van der Waals surface area contributed by atoms with Crippen LogP contribution in [0.5, 0.6) is 0 Å². The third-order valence-electron chi connectivity index (χ3n) is 8.65. The minimum Gasteiger partial charge on any atom is -0.382 e. The van der Waals surface area contributed by atoms with Crippen molar-refractivity contribution < 1.29 is 19.8 Å². The fourth-order valence-electron chi connectivity index (χ4n) is 5.73.